The molecule has 1 fully saturated rings. The summed E-state index contributed by atoms with van der Waals surface area (Å²) in [5.74, 6) is -0.388. The van der Waals surface area contributed by atoms with Gasteiger partial charge in [-0.25, -0.2) is 0 Å². The molecule has 6 nitrogen and oxygen atoms in total. The number of benzene rings is 1. The Hall–Kier alpha value is -2.28. The van der Waals surface area contributed by atoms with Crippen molar-refractivity contribution >= 4 is 23.5 Å². The van der Waals surface area contributed by atoms with Crippen LogP contribution in [-0.4, -0.2) is 38.0 Å². The molecule has 22 heavy (non-hydrogen) atoms. The Bertz CT molecular complexity index is 669. The Morgan fingerprint density at radius 3 is 2.86 bits per heavy atom. The minimum Gasteiger partial charge on any atom is -0.339 e. The van der Waals surface area contributed by atoms with Crippen LogP contribution in [0.1, 0.15) is 28.0 Å². The molecule has 114 valence electrons. The highest BCUT2D eigenvalue weighted by Gasteiger charge is 2.33. The van der Waals surface area contributed by atoms with E-state index in [4.69, 9.17) is 0 Å². The number of rotatable bonds is 4. The molecule has 1 aliphatic rings. The monoisotopic (exact) mass is 316 g/mol. The summed E-state index contributed by atoms with van der Waals surface area (Å²) in [6.45, 7) is 3.25. The fourth-order valence-electron chi connectivity index (χ4n) is 2.44. The van der Waals surface area contributed by atoms with Gasteiger partial charge in [0, 0.05) is 13.1 Å². The molecular formula is C15H16N4O2S. The lowest BCUT2D eigenvalue weighted by Gasteiger charge is -2.17. The number of carbonyl (C=O) groups excluding carboxylic acids is 2. The molecule has 0 aliphatic carbocycles. The van der Waals surface area contributed by atoms with E-state index >= 15 is 0 Å². The van der Waals surface area contributed by atoms with Crippen molar-refractivity contribution in [2.45, 2.75) is 25.9 Å². The average molecular weight is 316 g/mol. The number of nitrogens with one attached hydrogen (secondary N) is 1. The van der Waals surface area contributed by atoms with Crippen LogP contribution in [0.5, 0.6) is 0 Å². The standard InChI is InChI=1S/C15H16N4O2S/c1-10-2-4-11(5-3-10)9-19-7-6-12(15(19)21)17-14(20)13-8-16-22-18-13/h2-5,8,12H,6-7,9H2,1H3,(H,17,20)/t12-/m0/s1. The molecule has 0 bridgehead atoms. The highest BCUT2D eigenvalue weighted by atomic mass is 32.1. The third-order valence-corrected chi connectivity index (χ3v) is 4.17. The highest BCUT2D eigenvalue weighted by molar-refractivity contribution is 6.99. The van der Waals surface area contributed by atoms with E-state index in [1.165, 1.54) is 11.8 Å². The van der Waals surface area contributed by atoms with Crippen LogP contribution >= 0.6 is 11.7 Å². The van der Waals surface area contributed by atoms with Crippen molar-refractivity contribution in [3.05, 3.63) is 47.3 Å². The minimum absolute atomic E-state index is 0.0443. The van der Waals surface area contributed by atoms with Crippen LogP contribution in [0, 0.1) is 6.92 Å². The summed E-state index contributed by atoms with van der Waals surface area (Å²) in [5.41, 5.74) is 2.54. The summed E-state index contributed by atoms with van der Waals surface area (Å²) in [5, 5.41) is 2.73. The van der Waals surface area contributed by atoms with E-state index in [-0.39, 0.29) is 17.5 Å². The predicted octanol–water partition coefficient (Wildman–Crippen LogP) is 1.38. The fraction of sp³-hybridized carbons (Fsp3) is 0.333. The summed E-state index contributed by atoms with van der Waals surface area (Å²) in [6.07, 6.45) is 2.03. The number of hydrogen-bond acceptors (Lipinski definition) is 5. The van der Waals surface area contributed by atoms with Crippen LogP contribution in [0.3, 0.4) is 0 Å². The Morgan fingerprint density at radius 2 is 2.18 bits per heavy atom. The Labute approximate surface area is 132 Å². The van der Waals surface area contributed by atoms with Crippen molar-refractivity contribution in [1.82, 2.24) is 19.0 Å². The summed E-state index contributed by atoms with van der Waals surface area (Å²) >= 11 is 0.974. The van der Waals surface area contributed by atoms with Gasteiger partial charge in [-0.2, -0.15) is 8.75 Å². The predicted molar refractivity (Wildman–Crippen MR) is 82.4 cm³/mol. The van der Waals surface area contributed by atoms with Gasteiger partial charge in [0.05, 0.1) is 17.9 Å². The van der Waals surface area contributed by atoms with Gasteiger partial charge in [-0.3, -0.25) is 9.59 Å². The van der Waals surface area contributed by atoms with E-state index < -0.39 is 6.04 Å². The first-order valence-electron chi connectivity index (χ1n) is 7.06. The van der Waals surface area contributed by atoms with Gasteiger partial charge in [0.2, 0.25) is 5.91 Å². The molecule has 1 aromatic carbocycles. The van der Waals surface area contributed by atoms with Gasteiger partial charge in [-0.05, 0) is 18.9 Å². The van der Waals surface area contributed by atoms with Gasteiger partial charge in [0.25, 0.3) is 5.91 Å². The van der Waals surface area contributed by atoms with Crippen molar-refractivity contribution in [3.63, 3.8) is 0 Å². The number of amides is 2. The van der Waals surface area contributed by atoms with Crippen molar-refractivity contribution in [2.75, 3.05) is 6.54 Å². The second kappa shape index (κ2) is 6.23. The number of carbonyl (C=O) groups is 2. The van der Waals surface area contributed by atoms with E-state index in [9.17, 15) is 9.59 Å². The van der Waals surface area contributed by atoms with E-state index in [1.807, 2.05) is 31.2 Å². The second-order valence-corrected chi connectivity index (χ2v) is 5.91. The van der Waals surface area contributed by atoms with Gasteiger partial charge in [-0.15, -0.1) is 0 Å². The van der Waals surface area contributed by atoms with Crippen molar-refractivity contribution in [1.29, 1.82) is 0 Å². The first-order valence-corrected chi connectivity index (χ1v) is 7.79. The Kier molecular flexibility index (Phi) is 4.15. The maximum absolute atomic E-state index is 12.4. The molecule has 1 atom stereocenters. The number of likely N-dealkylation sites (tertiary alicyclic amines) is 1. The zero-order chi connectivity index (χ0) is 15.5. The van der Waals surface area contributed by atoms with E-state index in [2.05, 4.69) is 14.1 Å². The number of nitrogens with zero attached hydrogens (tertiary/aromatic N) is 3. The van der Waals surface area contributed by atoms with Crippen LogP contribution in [0.15, 0.2) is 30.5 Å². The third kappa shape index (κ3) is 3.14. The lowest BCUT2D eigenvalue weighted by atomic mass is 10.1. The van der Waals surface area contributed by atoms with Crippen LogP contribution in [0.2, 0.25) is 0 Å². The smallest absolute Gasteiger partial charge is 0.273 e. The van der Waals surface area contributed by atoms with E-state index in [0.29, 0.717) is 19.5 Å². The number of hydrogen-bond donors (Lipinski definition) is 1. The quantitative estimate of drug-likeness (QED) is 0.924. The van der Waals surface area contributed by atoms with Gasteiger partial charge in [0.1, 0.15) is 6.04 Å². The zero-order valence-electron chi connectivity index (χ0n) is 12.2. The molecule has 2 amide bonds. The third-order valence-electron chi connectivity index (χ3n) is 3.69. The molecule has 1 saturated heterocycles. The minimum atomic E-state index is -0.473. The molecule has 2 aromatic rings. The van der Waals surface area contributed by atoms with Crippen molar-refractivity contribution in [3.8, 4) is 0 Å². The molecule has 0 saturated carbocycles. The summed E-state index contributed by atoms with van der Waals surface area (Å²) in [6, 6.07) is 7.64. The zero-order valence-corrected chi connectivity index (χ0v) is 13.0. The first kappa shape index (κ1) is 14.6. The van der Waals surface area contributed by atoms with Crippen LogP contribution in [0.25, 0.3) is 0 Å². The summed E-state index contributed by atoms with van der Waals surface area (Å²) in [7, 11) is 0. The molecule has 1 aliphatic heterocycles. The SMILES string of the molecule is Cc1ccc(CN2CC[C@H](NC(=O)c3cnsn3)C2=O)cc1. The van der Waals surface area contributed by atoms with Crippen LogP contribution in [-0.2, 0) is 11.3 Å². The molecule has 3 rings (SSSR count). The van der Waals surface area contributed by atoms with Gasteiger partial charge < -0.3 is 10.2 Å². The van der Waals surface area contributed by atoms with Gasteiger partial charge in [0.15, 0.2) is 5.69 Å². The maximum Gasteiger partial charge on any atom is 0.273 e. The van der Waals surface area contributed by atoms with Crippen molar-refractivity contribution < 1.29 is 9.59 Å². The lowest BCUT2D eigenvalue weighted by molar-refractivity contribution is -0.129. The van der Waals surface area contributed by atoms with Crippen LogP contribution in [0.4, 0.5) is 0 Å². The number of aromatic nitrogens is 2. The topological polar surface area (TPSA) is 75.2 Å². The highest BCUT2D eigenvalue weighted by Crippen LogP contribution is 2.16. The molecule has 1 N–H and O–H groups in total. The average Bonchev–Trinajstić information content (AvgIpc) is 3.15. The molecule has 7 heteroatoms. The Morgan fingerprint density at radius 1 is 1.41 bits per heavy atom. The van der Waals surface area contributed by atoms with Gasteiger partial charge >= 0.3 is 0 Å². The molecule has 2 heterocycles. The van der Waals surface area contributed by atoms with Crippen LogP contribution < -0.4 is 5.32 Å². The molecule has 0 radical (unpaired) electrons. The second-order valence-electron chi connectivity index (χ2n) is 5.35. The largest absolute Gasteiger partial charge is 0.339 e. The lowest BCUT2D eigenvalue weighted by Crippen LogP contribution is -2.41. The molecule has 0 spiro atoms. The molecular weight excluding hydrogens is 300 g/mol. The summed E-state index contributed by atoms with van der Waals surface area (Å²) < 4.78 is 7.66. The number of aryl methyl sites for hydroxylation is 1. The normalized spacial score (nSPS) is 17.8. The van der Waals surface area contributed by atoms with Gasteiger partial charge in [-0.1, -0.05) is 29.8 Å². The first-order chi connectivity index (χ1) is 10.6. The fourth-order valence-corrected chi connectivity index (χ4v) is 2.85. The molecule has 1 aromatic heterocycles. The maximum atomic E-state index is 12.4. The van der Waals surface area contributed by atoms with E-state index in [1.54, 1.807) is 4.90 Å². The molecule has 0 unspecified atom stereocenters. The summed E-state index contributed by atoms with van der Waals surface area (Å²) in [4.78, 5) is 26.1. The Balaban J connectivity index is 1.60. The van der Waals surface area contributed by atoms with E-state index in [0.717, 1.165) is 17.3 Å². The van der Waals surface area contributed by atoms with Crippen molar-refractivity contribution in [2.24, 2.45) is 0 Å².